The van der Waals surface area contributed by atoms with E-state index in [9.17, 15) is 0 Å². The van der Waals surface area contributed by atoms with Gasteiger partial charge in [0.1, 0.15) is 0 Å². The van der Waals surface area contributed by atoms with Crippen LogP contribution in [-0.2, 0) is 4.74 Å². The first-order chi connectivity index (χ1) is 12.8. The molecule has 1 aromatic heterocycles. The summed E-state index contributed by atoms with van der Waals surface area (Å²) >= 11 is 0. The number of fused-ring (bicyclic) bond motifs is 3. The van der Waals surface area contributed by atoms with E-state index in [0.29, 0.717) is 12.2 Å². The van der Waals surface area contributed by atoms with Crippen LogP contribution in [0.1, 0.15) is 31.2 Å². The molecule has 26 heavy (non-hydrogen) atoms. The van der Waals surface area contributed by atoms with Crippen molar-refractivity contribution in [1.29, 1.82) is 0 Å². The molecule has 1 aromatic carbocycles. The third-order valence-electron chi connectivity index (χ3n) is 5.63. The van der Waals surface area contributed by atoms with Crippen molar-refractivity contribution in [3.05, 3.63) is 52.5 Å². The van der Waals surface area contributed by atoms with Crippen molar-refractivity contribution in [3.63, 3.8) is 0 Å². The molecule has 2 unspecified atom stereocenters. The van der Waals surface area contributed by atoms with Crippen LogP contribution in [0.3, 0.4) is 0 Å². The van der Waals surface area contributed by atoms with Gasteiger partial charge < -0.3 is 9.64 Å². The summed E-state index contributed by atoms with van der Waals surface area (Å²) < 4.78 is 8.16. The molecule has 0 saturated carbocycles. The van der Waals surface area contributed by atoms with Gasteiger partial charge in [-0.3, -0.25) is 0 Å². The van der Waals surface area contributed by atoms with Gasteiger partial charge in [-0.2, -0.15) is 0 Å². The highest BCUT2D eigenvalue weighted by molar-refractivity contribution is 5.54. The number of benzene rings is 1. The third kappa shape index (κ3) is 2.78. The predicted molar refractivity (Wildman–Crippen MR) is 105 cm³/mol. The smallest absolute Gasteiger partial charge is 0.159 e. The Kier molecular flexibility index (Phi) is 3.93. The fraction of sp³-hybridized carbons (Fsp3) is 0.409. The van der Waals surface area contributed by atoms with Crippen molar-refractivity contribution in [2.45, 2.75) is 44.8 Å². The van der Waals surface area contributed by atoms with Crippen LogP contribution >= 0.6 is 0 Å². The maximum Gasteiger partial charge on any atom is 0.159 e. The Hall–Kier alpha value is -2.33. The molecule has 0 radical (unpaired) electrons. The largest absolute Gasteiger partial charge is 0.371 e. The number of hydrogen-bond acceptors (Lipinski definition) is 3. The van der Waals surface area contributed by atoms with Crippen LogP contribution in [0, 0.1) is 6.92 Å². The van der Waals surface area contributed by atoms with Crippen LogP contribution in [0.15, 0.2) is 36.4 Å². The predicted octanol–water partition coefficient (Wildman–Crippen LogP) is 2.46. The Balaban J connectivity index is 1.67. The van der Waals surface area contributed by atoms with E-state index in [1.165, 1.54) is 29.0 Å². The van der Waals surface area contributed by atoms with Crippen LogP contribution in [-0.4, -0.2) is 35.1 Å². The summed E-state index contributed by atoms with van der Waals surface area (Å²) in [6, 6.07) is 8.64. The number of aromatic nitrogens is 2. The monoisotopic (exact) mass is 347 g/mol. The van der Waals surface area contributed by atoms with E-state index < -0.39 is 0 Å². The summed E-state index contributed by atoms with van der Waals surface area (Å²) in [6.45, 7) is 4.02. The summed E-state index contributed by atoms with van der Waals surface area (Å²) in [5.74, 6) is 1.10. The molecule has 0 N–H and O–H groups in total. The Morgan fingerprint density at radius 3 is 2.58 bits per heavy atom. The second-order valence-corrected chi connectivity index (χ2v) is 7.61. The number of allylic oxidation sites excluding steroid dienone is 2. The first-order valence-electron chi connectivity index (χ1n) is 9.71. The first-order valence-corrected chi connectivity index (χ1v) is 9.71. The third-order valence-corrected chi connectivity index (χ3v) is 5.63. The Morgan fingerprint density at radius 2 is 1.81 bits per heavy atom. The zero-order chi connectivity index (χ0) is 17.5. The molecule has 134 valence electrons. The Labute approximate surface area is 154 Å². The molecular weight excluding hydrogens is 322 g/mol. The van der Waals surface area contributed by atoms with E-state index >= 15 is 0 Å². The lowest BCUT2D eigenvalue weighted by Crippen LogP contribution is -2.45. The highest BCUT2D eigenvalue weighted by atomic mass is 16.5. The number of morpholine rings is 1. The van der Waals surface area contributed by atoms with Gasteiger partial charge in [0, 0.05) is 18.3 Å². The molecule has 0 amide bonds. The van der Waals surface area contributed by atoms with Gasteiger partial charge in [0.2, 0.25) is 0 Å². The fourth-order valence-electron chi connectivity index (χ4n) is 4.27. The molecule has 3 heterocycles. The SMILES string of the molecule is Cc1ccc(-n2nc(N3CC4CCC(C3)O4)c3/c2=C\CC/C=C\C=3)cc1. The minimum absolute atomic E-state index is 0.363. The molecule has 5 rings (SSSR count). The maximum atomic E-state index is 6.03. The molecule has 3 aliphatic rings. The number of nitrogens with zero attached hydrogens (tertiary/aromatic N) is 3. The van der Waals surface area contributed by atoms with Gasteiger partial charge >= 0.3 is 0 Å². The number of aryl methyl sites for hydroxylation is 1. The quantitative estimate of drug-likeness (QED) is 0.836. The average molecular weight is 347 g/mol. The van der Waals surface area contributed by atoms with Gasteiger partial charge in [0.15, 0.2) is 5.82 Å². The van der Waals surface area contributed by atoms with Crippen molar-refractivity contribution >= 4 is 18.0 Å². The molecule has 0 spiro atoms. The van der Waals surface area contributed by atoms with E-state index in [-0.39, 0.29) is 0 Å². The molecule has 2 aliphatic heterocycles. The average Bonchev–Trinajstić information content (AvgIpc) is 3.14. The number of ether oxygens (including phenoxy) is 1. The fourth-order valence-corrected chi connectivity index (χ4v) is 4.27. The maximum absolute atomic E-state index is 6.03. The zero-order valence-electron chi connectivity index (χ0n) is 15.3. The van der Waals surface area contributed by atoms with Crippen molar-refractivity contribution in [1.82, 2.24) is 9.78 Å². The number of rotatable bonds is 2. The standard InChI is InChI=1S/C22H25N3O/c1-16-8-10-17(11-9-16)25-21-7-5-3-2-4-6-20(21)22(23-25)24-14-18-12-13-19(15-24)26-18/h2,4,6-11,18-19H,3,5,12-15H2,1H3/b4-2-,20-6+,21-7+. The molecule has 2 atom stereocenters. The van der Waals surface area contributed by atoms with E-state index in [4.69, 9.17) is 9.84 Å². The van der Waals surface area contributed by atoms with Crippen molar-refractivity contribution in [2.75, 3.05) is 18.0 Å². The van der Waals surface area contributed by atoms with Gasteiger partial charge in [-0.15, -0.1) is 5.10 Å². The molecule has 2 saturated heterocycles. The second-order valence-electron chi connectivity index (χ2n) is 7.61. The van der Waals surface area contributed by atoms with Crippen molar-refractivity contribution in [3.8, 4) is 5.69 Å². The second kappa shape index (κ2) is 6.44. The molecule has 4 heteroatoms. The normalized spacial score (nSPS) is 28.3. The molecule has 2 bridgehead atoms. The number of hydrogen-bond donors (Lipinski definition) is 0. The van der Waals surface area contributed by atoms with Crippen molar-refractivity contribution < 1.29 is 4.74 Å². The Bertz CT molecular complexity index is 943. The van der Waals surface area contributed by atoms with Gasteiger partial charge in [0.05, 0.1) is 23.2 Å². The summed E-state index contributed by atoms with van der Waals surface area (Å²) in [6.07, 6.45) is 14.2. The summed E-state index contributed by atoms with van der Waals surface area (Å²) in [5.41, 5.74) is 2.40. The first kappa shape index (κ1) is 15.9. The van der Waals surface area contributed by atoms with Crippen LogP contribution < -0.4 is 15.5 Å². The van der Waals surface area contributed by atoms with Crippen LogP contribution in [0.25, 0.3) is 17.8 Å². The van der Waals surface area contributed by atoms with E-state index in [1.54, 1.807) is 0 Å². The highest BCUT2D eigenvalue weighted by Gasteiger charge is 2.35. The topological polar surface area (TPSA) is 30.3 Å². The lowest BCUT2D eigenvalue weighted by molar-refractivity contribution is 0.0301. The van der Waals surface area contributed by atoms with Crippen LogP contribution in [0.4, 0.5) is 5.82 Å². The lowest BCUT2D eigenvalue weighted by atomic mass is 10.2. The number of anilines is 1. The van der Waals surface area contributed by atoms with Crippen LogP contribution in [0.5, 0.6) is 0 Å². The minimum Gasteiger partial charge on any atom is -0.371 e. The molecule has 1 aliphatic carbocycles. The van der Waals surface area contributed by atoms with E-state index in [2.05, 4.69) is 65.1 Å². The molecule has 4 nitrogen and oxygen atoms in total. The van der Waals surface area contributed by atoms with E-state index in [1.807, 2.05) is 0 Å². The molecule has 2 fully saturated rings. The van der Waals surface area contributed by atoms with Gasteiger partial charge in [-0.25, -0.2) is 4.68 Å². The van der Waals surface area contributed by atoms with Crippen LogP contribution in [0.2, 0.25) is 0 Å². The summed E-state index contributed by atoms with van der Waals surface area (Å²) in [5, 5.41) is 7.54. The van der Waals surface area contributed by atoms with Gasteiger partial charge in [-0.1, -0.05) is 35.9 Å². The van der Waals surface area contributed by atoms with Gasteiger partial charge in [0.25, 0.3) is 0 Å². The molecular formula is C22H25N3O. The lowest BCUT2D eigenvalue weighted by Gasteiger charge is -2.32. The minimum atomic E-state index is 0.363. The highest BCUT2D eigenvalue weighted by Crippen LogP contribution is 2.27. The summed E-state index contributed by atoms with van der Waals surface area (Å²) in [4.78, 5) is 2.44. The molecule has 2 aromatic rings. The zero-order valence-corrected chi connectivity index (χ0v) is 15.3. The summed E-state index contributed by atoms with van der Waals surface area (Å²) in [7, 11) is 0. The Morgan fingerprint density at radius 1 is 1.04 bits per heavy atom. The van der Waals surface area contributed by atoms with Gasteiger partial charge in [-0.05, 0) is 50.8 Å². The van der Waals surface area contributed by atoms with Crippen molar-refractivity contribution in [2.24, 2.45) is 0 Å². The van der Waals surface area contributed by atoms with E-state index in [0.717, 1.165) is 37.4 Å².